The molecule has 0 N–H and O–H groups in total. The highest BCUT2D eigenvalue weighted by molar-refractivity contribution is 5.62. The Morgan fingerprint density at radius 1 is 1.00 bits per heavy atom. The molecule has 3 heteroatoms. The maximum atomic E-state index is 5.42. The maximum Gasteiger partial charge on any atom is 0.258 e. The highest BCUT2D eigenvalue weighted by Crippen LogP contribution is 2.24. The van der Waals surface area contributed by atoms with Gasteiger partial charge in [0.1, 0.15) is 0 Å². The van der Waals surface area contributed by atoms with Crippen molar-refractivity contribution >= 4 is 0 Å². The lowest BCUT2D eigenvalue weighted by Crippen LogP contribution is -1.93. The van der Waals surface area contributed by atoms with Crippen LogP contribution in [0.3, 0.4) is 0 Å². The van der Waals surface area contributed by atoms with E-state index in [1.807, 2.05) is 43.3 Å². The van der Waals surface area contributed by atoms with Crippen LogP contribution >= 0.6 is 0 Å². The minimum atomic E-state index is 0.564. The molecule has 2 aromatic carbocycles. The average molecular weight is 292 g/mol. The molecule has 3 aromatic rings. The molecule has 0 spiro atoms. The third-order valence-electron chi connectivity index (χ3n) is 3.66. The third kappa shape index (κ3) is 3.08. The number of aromatic nitrogens is 2. The van der Waals surface area contributed by atoms with Crippen LogP contribution in [0, 0.1) is 12.8 Å². The maximum absolute atomic E-state index is 5.42. The molecule has 0 amide bonds. The normalized spacial score (nSPS) is 11.1. The van der Waals surface area contributed by atoms with Gasteiger partial charge in [-0.15, -0.1) is 0 Å². The highest BCUT2D eigenvalue weighted by atomic mass is 16.5. The van der Waals surface area contributed by atoms with Crippen molar-refractivity contribution in [2.75, 3.05) is 0 Å². The summed E-state index contributed by atoms with van der Waals surface area (Å²) in [6.07, 6.45) is 1.08. The van der Waals surface area contributed by atoms with E-state index in [1.54, 1.807) is 0 Å². The highest BCUT2D eigenvalue weighted by Gasteiger charge is 2.12. The summed E-state index contributed by atoms with van der Waals surface area (Å²) in [5, 5.41) is 4.11. The Morgan fingerprint density at radius 2 is 1.73 bits per heavy atom. The Bertz CT molecular complexity index is 757. The number of hydrogen-bond acceptors (Lipinski definition) is 3. The van der Waals surface area contributed by atoms with Gasteiger partial charge in [-0.25, -0.2) is 0 Å². The number of benzene rings is 2. The molecular weight excluding hydrogens is 272 g/mol. The summed E-state index contributed by atoms with van der Waals surface area (Å²) in [5.41, 5.74) is 4.44. The smallest absolute Gasteiger partial charge is 0.258 e. The van der Waals surface area contributed by atoms with Crippen LogP contribution in [0.1, 0.15) is 25.0 Å². The Hall–Kier alpha value is -2.42. The molecule has 0 atom stereocenters. The Morgan fingerprint density at radius 3 is 2.41 bits per heavy atom. The van der Waals surface area contributed by atoms with Crippen LogP contribution in [0.25, 0.3) is 22.8 Å². The zero-order valence-electron chi connectivity index (χ0n) is 13.2. The van der Waals surface area contributed by atoms with E-state index in [-0.39, 0.29) is 0 Å². The number of aryl methyl sites for hydroxylation is 1. The van der Waals surface area contributed by atoms with Gasteiger partial charge in [-0.1, -0.05) is 55.4 Å². The zero-order valence-corrected chi connectivity index (χ0v) is 13.2. The SMILES string of the molecule is Cc1ccccc1-c1noc(-c2ccc(CC(C)C)cc2)n1. The van der Waals surface area contributed by atoms with Gasteiger partial charge in [-0.05, 0) is 42.5 Å². The minimum absolute atomic E-state index is 0.564. The molecule has 0 unspecified atom stereocenters. The molecule has 1 heterocycles. The van der Waals surface area contributed by atoms with Crippen LogP contribution in [-0.4, -0.2) is 10.1 Å². The third-order valence-corrected chi connectivity index (χ3v) is 3.66. The predicted molar refractivity (Wildman–Crippen MR) is 88.4 cm³/mol. The minimum Gasteiger partial charge on any atom is -0.334 e. The van der Waals surface area contributed by atoms with Gasteiger partial charge in [-0.3, -0.25) is 0 Å². The summed E-state index contributed by atoms with van der Waals surface area (Å²) >= 11 is 0. The van der Waals surface area contributed by atoms with E-state index in [9.17, 15) is 0 Å². The second-order valence-corrected chi connectivity index (χ2v) is 6.03. The zero-order chi connectivity index (χ0) is 15.5. The van der Waals surface area contributed by atoms with Gasteiger partial charge >= 0.3 is 0 Å². The van der Waals surface area contributed by atoms with E-state index in [2.05, 4.69) is 36.1 Å². The van der Waals surface area contributed by atoms with Crippen LogP contribution < -0.4 is 0 Å². The Kier molecular flexibility index (Phi) is 4.05. The first-order valence-electron chi connectivity index (χ1n) is 7.62. The Labute approximate surface area is 131 Å². The van der Waals surface area contributed by atoms with Gasteiger partial charge in [-0.2, -0.15) is 4.98 Å². The second-order valence-electron chi connectivity index (χ2n) is 6.03. The van der Waals surface area contributed by atoms with Gasteiger partial charge in [0.15, 0.2) is 0 Å². The summed E-state index contributed by atoms with van der Waals surface area (Å²) in [4.78, 5) is 4.52. The second kappa shape index (κ2) is 6.14. The molecule has 0 saturated carbocycles. The number of nitrogens with zero attached hydrogens (tertiary/aromatic N) is 2. The summed E-state index contributed by atoms with van der Waals surface area (Å²) in [6, 6.07) is 16.4. The van der Waals surface area contributed by atoms with E-state index in [0.29, 0.717) is 17.6 Å². The fraction of sp³-hybridized carbons (Fsp3) is 0.263. The molecule has 0 aliphatic carbocycles. The molecule has 22 heavy (non-hydrogen) atoms. The van der Waals surface area contributed by atoms with Crippen molar-refractivity contribution in [3.05, 3.63) is 59.7 Å². The molecule has 0 bridgehead atoms. The first kappa shape index (κ1) is 14.5. The molecule has 0 fully saturated rings. The van der Waals surface area contributed by atoms with Gasteiger partial charge < -0.3 is 4.52 Å². The van der Waals surface area contributed by atoms with Crippen molar-refractivity contribution in [1.82, 2.24) is 10.1 Å². The first-order chi connectivity index (χ1) is 10.6. The molecule has 3 rings (SSSR count). The van der Waals surface area contributed by atoms with Crippen LogP contribution in [0.5, 0.6) is 0 Å². The van der Waals surface area contributed by atoms with E-state index >= 15 is 0 Å². The summed E-state index contributed by atoms with van der Waals surface area (Å²) < 4.78 is 5.42. The van der Waals surface area contributed by atoms with Crippen molar-refractivity contribution in [3.8, 4) is 22.8 Å². The van der Waals surface area contributed by atoms with Gasteiger partial charge in [0.05, 0.1) is 0 Å². The van der Waals surface area contributed by atoms with E-state index in [0.717, 1.165) is 23.1 Å². The van der Waals surface area contributed by atoms with Crippen LogP contribution in [0.4, 0.5) is 0 Å². The fourth-order valence-electron chi connectivity index (χ4n) is 2.53. The molecule has 3 nitrogen and oxygen atoms in total. The van der Waals surface area contributed by atoms with Crippen molar-refractivity contribution in [3.63, 3.8) is 0 Å². The molecule has 112 valence electrons. The van der Waals surface area contributed by atoms with E-state index < -0.39 is 0 Å². The van der Waals surface area contributed by atoms with Crippen LogP contribution in [-0.2, 0) is 6.42 Å². The van der Waals surface area contributed by atoms with Crippen molar-refractivity contribution in [2.24, 2.45) is 5.92 Å². The molecule has 0 aliphatic heterocycles. The Balaban J connectivity index is 1.86. The van der Waals surface area contributed by atoms with Gasteiger partial charge in [0, 0.05) is 11.1 Å². The van der Waals surface area contributed by atoms with Crippen molar-refractivity contribution in [2.45, 2.75) is 27.2 Å². The lowest BCUT2D eigenvalue weighted by Gasteiger charge is -2.04. The van der Waals surface area contributed by atoms with Gasteiger partial charge in [0.25, 0.3) is 5.89 Å². The van der Waals surface area contributed by atoms with E-state index in [4.69, 9.17) is 4.52 Å². The topological polar surface area (TPSA) is 38.9 Å². The molecule has 0 aliphatic rings. The first-order valence-corrected chi connectivity index (χ1v) is 7.62. The number of hydrogen-bond donors (Lipinski definition) is 0. The summed E-state index contributed by atoms with van der Waals surface area (Å²) in [5.74, 6) is 1.86. The van der Waals surface area contributed by atoms with Crippen molar-refractivity contribution in [1.29, 1.82) is 0 Å². The molecular formula is C19H20N2O. The summed E-state index contributed by atoms with van der Waals surface area (Å²) in [7, 11) is 0. The lowest BCUT2D eigenvalue weighted by molar-refractivity contribution is 0.432. The summed E-state index contributed by atoms with van der Waals surface area (Å²) in [6.45, 7) is 6.49. The molecule has 0 radical (unpaired) electrons. The van der Waals surface area contributed by atoms with Crippen LogP contribution in [0.15, 0.2) is 53.1 Å². The fourth-order valence-corrected chi connectivity index (χ4v) is 2.53. The molecule has 0 saturated heterocycles. The average Bonchev–Trinajstić information content (AvgIpc) is 2.97. The lowest BCUT2D eigenvalue weighted by atomic mass is 10.0. The van der Waals surface area contributed by atoms with Crippen LogP contribution in [0.2, 0.25) is 0 Å². The predicted octanol–water partition coefficient (Wildman–Crippen LogP) is 4.91. The standard InChI is InChI=1S/C19H20N2O/c1-13(2)12-15-8-10-16(11-9-15)19-20-18(21-22-19)17-7-5-4-6-14(17)3/h4-11,13H,12H2,1-3H3. The monoisotopic (exact) mass is 292 g/mol. The van der Waals surface area contributed by atoms with Crippen molar-refractivity contribution < 1.29 is 4.52 Å². The largest absolute Gasteiger partial charge is 0.334 e. The van der Waals surface area contributed by atoms with Gasteiger partial charge in [0.2, 0.25) is 5.82 Å². The quantitative estimate of drug-likeness (QED) is 0.685. The molecule has 1 aromatic heterocycles. The number of rotatable bonds is 4. The van der Waals surface area contributed by atoms with E-state index in [1.165, 1.54) is 5.56 Å².